The highest BCUT2D eigenvalue weighted by atomic mass is 16.8. The van der Waals surface area contributed by atoms with Gasteiger partial charge in [-0.1, -0.05) is 30.3 Å². The van der Waals surface area contributed by atoms with Crippen molar-refractivity contribution in [1.29, 1.82) is 0 Å². The first-order valence-electron chi connectivity index (χ1n) is 4.38. The molecule has 1 saturated heterocycles. The molecule has 1 aromatic carbocycles. The molecule has 1 unspecified atom stereocenters. The Labute approximate surface area is 77.8 Å². The standard InChI is InChI=1S/C11H12O2/c1-2-10-11(13-10)12-8-9-6-4-3-5-7-9/h2-7,11H,8H2,1H3/b10-2-. The zero-order valence-corrected chi connectivity index (χ0v) is 7.57. The third-order valence-electron chi connectivity index (χ3n) is 1.95. The molecule has 1 aromatic rings. The van der Waals surface area contributed by atoms with Crippen LogP contribution in [0.5, 0.6) is 0 Å². The molecule has 0 radical (unpaired) electrons. The topological polar surface area (TPSA) is 21.8 Å². The maximum Gasteiger partial charge on any atom is 0.258 e. The van der Waals surface area contributed by atoms with Crippen molar-refractivity contribution < 1.29 is 9.47 Å². The first kappa shape index (κ1) is 8.32. The summed E-state index contributed by atoms with van der Waals surface area (Å²) in [5, 5.41) is 0. The number of ether oxygens (including phenoxy) is 2. The molecule has 0 saturated carbocycles. The van der Waals surface area contributed by atoms with E-state index in [2.05, 4.69) is 0 Å². The van der Waals surface area contributed by atoms with Gasteiger partial charge < -0.3 is 9.47 Å². The fourth-order valence-electron chi connectivity index (χ4n) is 1.16. The van der Waals surface area contributed by atoms with Crippen LogP contribution in [0.2, 0.25) is 0 Å². The number of hydrogen-bond donors (Lipinski definition) is 0. The van der Waals surface area contributed by atoms with E-state index >= 15 is 0 Å². The lowest BCUT2D eigenvalue weighted by Gasteiger charge is -1.98. The molecule has 2 rings (SSSR count). The lowest BCUT2D eigenvalue weighted by molar-refractivity contribution is 0.0386. The van der Waals surface area contributed by atoms with Gasteiger partial charge in [-0.05, 0) is 18.6 Å². The Morgan fingerprint density at radius 3 is 2.77 bits per heavy atom. The van der Waals surface area contributed by atoms with Crippen LogP contribution in [0.15, 0.2) is 42.2 Å². The highest BCUT2D eigenvalue weighted by molar-refractivity contribution is 5.14. The predicted molar refractivity (Wildman–Crippen MR) is 49.9 cm³/mol. The van der Waals surface area contributed by atoms with E-state index in [1.807, 2.05) is 43.3 Å². The Balaban J connectivity index is 1.81. The Morgan fingerprint density at radius 1 is 1.38 bits per heavy atom. The summed E-state index contributed by atoms with van der Waals surface area (Å²) >= 11 is 0. The number of epoxide rings is 1. The summed E-state index contributed by atoms with van der Waals surface area (Å²) in [6.07, 6.45) is 1.83. The number of hydrogen-bond acceptors (Lipinski definition) is 2. The molecule has 68 valence electrons. The van der Waals surface area contributed by atoms with Crippen molar-refractivity contribution in [2.45, 2.75) is 19.8 Å². The maximum absolute atomic E-state index is 5.45. The summed E-state index contributed by atoms with van der Waals surface area (Å²) in [7, 11) is 0. The van der Waals surface area contributed by atoms with Crippen LogP contribution in [0.4, 0.5) is 0 Å². The molecule has 1 atom stereocenters. The SMILES string of the molecule is C/C=C1\OC1OCc1ccccc1. The molecule has 1 aliphatic heterocycles. The van der Waals surface area contributed by atoms with Crippen molar-refractivity contribution in [3.63, 3.8) is 0 Å². The number of rotatable bonds is 3. The van der Waals surface area contributed by atoms with Crippen LogP contribution in [0.3, 0.4) is 0 Å². The van der Waals surface area contributed by atoms with E-state index in [-0.39, 0.29) is 6.29 Å². The zero-order chi connectivity index (χ0) is 9.10. The predicted octanol–water partition coefficient (Wildman–Crippen LogP) is 2.46. The van der Waals surface area contributed by atoms with Gasteiger partial charge in [0.2, 0.25) is 0 Å². The van der Waals surface area contributed by atoms with Gasteiger partial charge in [0.05, 0.1) is 6.61 Å². The van der Waals surface area contributed by atoms with E-state index in [0.29, 0.717) is 6.61 Å². The van der Waals surface area contributed by atoms with Crippen molar-refractivity contribution in [3.05, 3.63) is 47.7 Å². The first-order valence-corrected chi connectivity index (χ1v) is 4.38. The zero-order valence-electron chi connectivity index (χ0n) is 7.57. The minimum absolute atomic E-state index is 0.0924. The van der Waals surface area contributed by atoms with Gasteiger partial charge in [0.15, 0.2) is 5.76 Å². The fourth-order valence-corrected chi connectivity index (χ4v) is 1.16. The van der Waals surface area contributed by atoms with Gasteiger partial charge in [-0.3, -0.25) is 0 Å². The van der Waals surface area contributed by atoms with Gasteiger partial charge in [-0.2, -0.15) is 0 Å². The van der Waals surface area contributed by atoms with Crippen molar-refractivity contribution in [3.8, 4) is 0 Å². The van der Waals surface area contributed by atoms with Crippen LogP contribution in [0, 0.1) is 0 Å². The first-order chi connectivity index (χ1) is 6.40. The Morgan fingerprint density at radius 2 is 2.15 bits per heavy atom. The summed E-state index contributed by atoms with van der Waals surface area (Å²) < 4.78 is 10.6. The molecule has 0 aromatic heterocycles. The van der Waals surface area contributed by atoms with Gasteiger partial charge in [0.1, 0.15) is 0 Å². The van der Waals surface area contributed by atoms with Gasteiger partial charge >= 0.3 is 0 Å². The Hall–Kier alpha value is -1.28. The molecule has 1 heterocycles. The molecular weight excluding hydrogens is 164 g/mol. The second kappa shape index (κ2) is 3.62. The molecule has 1 aliphatic rings. The molecule has 0 aliphatic carbocycles. The molecule has 0 amide bonds. The Bertz CT molecular complexity index is 303. The number of allylic oxidation sites excluding steroid dienone is 1. The van der Waals surface area contributed by atoms with Crippen molar-refractivity contribution in [1.82, 2.24) is 0 Å². The lowest BCUT2D eigenvalue weighted by atomic mass is 10.2. The van der Waals surface area contributed by atoms with E-state index < -0.39 is 0 Å². The number of benzene rings is 1. The Kier molecular flexibility index (Phi) is 2.32. The molecule has 2 nitrogen and oxygen atoms in total. The molecule has 0 spiro atoms. The van der Waals surface area contributed by atoms with Gasteiger partial charge in [-0.25, -0.2) is 0 Å². The second-order valence-electron chi connectivity index (χ2n) is 2.94. The third-order valence-corrected chi connectivity index (χ3v) is 1.95. The summed E-state index contributed by atoms with van der Waals surface area (Å²) in [5.74, 6) is 0.941. The average molecular weight is 176 g/mol. The maximum atomic E-state index is 5.45. The summed E-state index contributed by atoms with van der Waals surface area (Å²) in [6, 6.07) is 10.1. The minimum atomic E-state index is -0.0924. The minimum Gasteiger partial charge on any atom is -0.455 e. The fraction of sp³-hybridized carbons (Fsp3) is 0.273. The smallest absolute Gasteiger partial charge is 0.258 e. The third kappa shape index (κ3) is 2.10. The highest BCUT2D eigenvalue weighted by Crippen LogP contribution is 2.28. The lowest BCUT2D eigenvalue weighted by Crippen LogP contribution is -1.94. The van der Waals surface area contributed by atoms with Crippen LogP contribution < -0.4 is 0 Å². The van der Waals surface area contributed by atoms with Gasteiger partial charge in [-0.15, -0.1) is 0 Å². The van der Waals surface area contributed by atoms with Crippen LogP contribution >= 0.6 is 0 Å². The summed E-state index contributed by atoms with van der Waals surface area (Å²) in [5.41, 5.74) is 1.17. The highest BCUT2D eigenvalue weighted by Gasteiger charge is 2.32. The molecule has 13 heavy (non-hydrogen) atoms. The van der Waals surface area contributed by atoms with Crippen LogP contribution in [-0.2, 0) is 16.1 Å². The van der Waals surface area contributed by atoms with Crippen LogP contribution in [-0.4, -0.2) is 6.29 Å². The van der Waals surface area contributed by atoms with Crippen molar-refractivity contribution >= 4 is 0 Å². The van der Waals surface area contributed by atoms with E-state index in [1.165, 1.54) is 5.56 Å². The van der Waals surface area contributed by atoms with E-state index in [9.17, 15) is 0 Å². The van der Waals surface area contributed by atoms with Crippen LogP contribution in [0.25, 0.3) is 0 Å². The molecule has 2 heteroatoms. The largest absolute Gasteiger partial charge is 0.455 e. The molecule has 0 bridgehead atoms. The quantitative estimate of drug-likeness (QED) is 0.660. The second-order valence-corrected chi connectivity index (χ2v) is 2.94. The van der Waals surface area contributed by atoms with Crippen molar-refractivity contribution in [2.75, 3.05) is 0 Å². The summed E-state index contributed by atoms with van der Waals surface area (Å²) in [6.45, 7) is 2.56. The van der Waals surface area contributed by atoms with E-state index in [0.717, 1.165) is 5.76 Å². The molecule has 1 fully saturated rings. The molecular formula is C11H12O2. The van der Waals surface area contributed by atoms with Crippen LogP contribution in [0.1, 0.15) is 12.5 Å². The molecule has 0 N–H and O–H groups in total. The van der Waals surface area contributed by atoms with E-state index in [4.69, 9.17) is 9.47 Å². The average Bonchev–Trinajstić information content (AvgIpc) is 2.95. The summed E-state index contributed by atoms with van der Waals surface area (Å²) in [4.78, 5) is 0. The monoisotopic (exact) mass is 176 g/mol. The van der Waals surface area contributed by atoms with Crippen molar-refractivity contribution in [2.24, 2.45) is 0 Å². The van der Waals surface area contributed by atoms with Gasteiger partial charge in [0.25, 0.3) is 6.29 Å². The van der Waals surface area contributed by atoms with Gasteiger partial charge in [0, 0.05) is 0 Å². The van der Waals surface area contributed by atoms with E-state index in [1.54, 1.807) is 0 Å². The normalized spacial score (nSPS) is 22.8.